The van der Waals surface area contributed by atoms with E-state index in [4.69, 9.17) is 11.6 Å². The van der Waals surface area contributed by atoms with Crippen LogP contribution in [0.1, 0.15) is 21.6 Å². The van der Waals surface area contributed by atoms with Gasteiger partial charge >= 0.3 is 5.97 Å². The highest BCUT2D eigenvalue weighted by atomic mass is 35.5. The number of likely N-dealkylation sites (N-methyl/N-ethyl adjacent to an activating group) is 1. The Bertz CT molecular complexity index is 1530. The van der Waals surface area contributed by atoms with Crippen LogP contribution in [0.5, 0.6) is 5.75 Å². The molecule has 0 radical (unpaired) electrons. The zero-order valence-electron chi connectivity index (χ0n) is 19.0. The minimum atomic E-state index is -1.03. The SMILES string of the molecule is CN1C(=O)C(=Cc2cc(C(=O)O)n(C)c2)c2cc(-c3ccc(-c4ccccc4O)cc3)c(Cl)cc21. The number of hydrogen-bond acceptors (Lipinski definition) is 3. The predicted molar refractivity (Wildman–Crippen MR) is 138 cm³/mol. The van der Waals surface area contributed by atoms with Gasteiger partial charge in [0, 0.05) is 42.6 Å². The number of anilines is 1. The molecule has 174 valence electrons. The lowest BCUT2D eigenvalue weighted by molar-refractivity contribution is -0.112. The summed E-state index contributed by atoms with van der Waals surface area (Å²) < 4.78 is 1.51. The number of phenolic OH excluding ortho intramolecular Hbond substituents is 1. The number of carbonyl (C=O) groups is 2. The zero-order chi connectivity index (χ0) is 24.9. The Labute approximate surface area is 206 Å². The number of nitrogens with zero attached hydrogens (tertiary/aromatic N) is 2. The summed E-state index contributed by atoms with van der Waals surface area (Å²) in [7, 11) is 3.34. The molecular weight excluding hydrogens is 464 g/mol. The minimum Gasteiger partial charge on any atom is -0.507 e. The second-order valence-corrected chi connectivity index (χ2v) is 8.85. The van der Waals surface area contributed by atoms with Crippen molar-refractivity contribution in [3.05, 3.63) is 94.8 Å². The summed E-state index contributed by atoms with van der Waals surface area (Å²) in [4.78, 5) is 26.0. The van der Waals surface area contributed by atoms with Crippen LogP contribution in [0.2, 0.25) is 5.02 Å². The van der Waals surface area contributed by atoms with Crippen molar-refractivity contribution in [2.75, 3.05) is 11.9 Å². The first-order valence-corrected chi connectivity index (χ1v) is 11.2. The van der Waals surface area contributed by atoms with Crippen LogP contribution in [0, 0.1) is 0 Å². The van der Waals surface area contributed by atoms with Gasteiger partial charge in [-0.25, -0.2) is 4.79 Å². The van der Waals surface area contributed by atoms with Crippen molar-refractivity contribution in [1.29, 1.82) is 0 Å². The molecule has 1 aromatic heterocycles. The summed E-state index contributed by atoms with van der Waals surface area (Å²) in [5.74, 6) is -1.02. The first-order valence-electron chi connectivity index (χ1n) is 10.9. The molecule has 4 aromatic rings. The Hall–Kier alpha value is -4.29. The second kappa shape index (κ2) is 8.49. The Morgan fingerprint density at radius 1 is 0.914 bits per heavy atom. The number of aromatic nitrogens is 1. The van der Waals surface area contributed by atoms with Crippen LogP contribution >= 0.6 is 11.6 Å². The van der Waals surface area contributed by atoms with Crippen LogP contribution in [0.15, 0.2) is 72.9 Å². The fourth-order valence-corrected chi connectivity index (χ4v) is 4.68. The number of hydrogen-bond donors (Lipinski definition) is 2. The maximum absolute atomic E-state index is 13.1. The average molecular weight is 485 g/mol. The van der Waals surface area contributed by atoms with Crippen LogP contribution in [-0.4, -0.2) is 33.7 Å². The Kier molecular flexibility index (Phi) is 5.46. The van der Waals surface area contributed by atoms with E-state index in [9.17, 15) is 19.8 Å². The number of fused-ring (bicyclic) bond motifs is 1. The van der Waals surface area contributed by atoms with Crippen LogP contribution in [0.25, 0.3) is 33.9 Å². The predicted octanol–water partition coefficient (Wildman–Crippen LogP) is 5.93. The largest absolute Gasteiger partial charge is 0.507 e. The summed E-state index contributed by atoms with van der Waals surface area (Å²) >= 11 is 6.64. The van der Waals surface area contributed by atoms with Crippen LogP contribution in [-0.2, 0) is 11.8 Å². The Morgan fingerprint density at radius 2 is 1.57 bits per heavy atom. The maximum Gasteiger partial charge on any atom is 0.352 e. The molecule has 3 aromatic carbocycles. The minimum absolute atomic E-state index is 0.136. The van der Waals surface area contributed by atoms with E-state index < -0.39 is 5.97 Å². The third-order valence-corrected chi connectivity index (χ3v) is 6.55. The van der Waals surface area contributed by atoms with E-state index >= 15 is 0 Å². The van der Waals surface area contributed by atoms with Gasteiger partial charge in [-0.2, -0.15) is 0 Å². The number of rotatable bonds is 4. The highest BCUT2D eigenvalue weighted by molar-refractivity contribution is 6.38. The molecule has 1 aliphatic heterocycles. The van der Waals surface area contributed by atoms with Crippen molar-refractivity contribution in [1.82, 2.24) is 4.57 Å². The number of aromatic carboxylic acids is 1. The van der Waals surface area contributed by atoms with Gasteiger partial charge < -0.3 is 19.7 Å². The van der Waals surface area contributed by atoms with Crippen molar-refractivity contribution in [2.45, 2.75) is 0 Å². The molecule has 0 saturated carbocycles. The lowest BCUT2D eigenvalue weighted by atomic mass is 9.96. The topological polar surface area (TPSA) is 82.8 Å². The Balaban J connectivity index is 1.57. The number of aryl methyl sites for hydroxylation is 1. The van der Waals surface area contributed by atoms with Crippen molar-refractivity contribution in [2.24, 2.45) is 7.05 Å². The second-order valence-electron chi connectivity index (χ2n) is 8.44. The van der Waals surface area contributed by atoms with E-state index in [2.05, 4.69) is 0 Å². The van der Waals surface area contributed by atoms with E-state index in [0.29, 0.717) is 21.8 Å². The fourth-order valence-electron chi connectivity index (χ4n) is 4.42. The smallest absolute Gasteiger partial charge is 0.352 e. The molecule has 2 heterocycles. The zero-order valence-corrected chi connectivity index (χ0v) is 19.7. The van der Waals surface area contributed by atoms with Gasteiger partial charge in [0.1, 0.15) is 11.4 Å². The summed E-state index contributed by atoms with van der Waals surface area (Å²) in [6.45, 7) is 0. The summed E-state index contributed by atoms with van der Waals surface area (Å²) in [5.41, 5.74) is 5.88. The first kappa shape index (κ1) is 22.5. The van der Waals surface area contributed by atoms with Crippen LogP contribution < -0.4 is 4.90 Å². The number of carboxylic acid groups (broad SMARTS) is 1. The van der Waals surface area contributed by atoms with Gasteiger partial charge in [-0.1, -0.05) is 54.1 Å². The normalized spacial score (nSPS) is 14.0. The van der Waals surface area contributed by atoms with Crippen molar-refractivity contribution in [3.63, 3.8) is 0 Å². The lowest BCUT2D eigenvalue weighted by Gasteiger charge is -2.12. The van der Waals surface area contributed by atoms with Crippen LogP contribution in [0.3, 0.4) is 0 Å². The highest BCUT2D eigenvalue weighted by Crippen LogP contribution is 2.43. The summed E-state index contributed by atoms with van der Waals surface area (Å²) in [5, 5.41) is 20.0. The molecule has 0 atom stereocenters. The molecular formula is C28H21ClN2O4. The molecule has 0 aliphatic carbocycles. The molecule has 7 heteroatoms. The lowest BCUT2D eigenvalue weighted by Crippen LogP contribution is -2.20. The molecule has 0 saturated heterocycles. The van der Waals surface area contributed by atoms with E-state index in [0.717, 1.165) is 27.8 Å². The fraction of sp³-hybridized carbons (Fsp3) is 0.0714. The van der Waals surface area contributed by atoms with Gasteiger partial charge in [0.05, 0.1) is 10.7 Å². The number of halogens is 1. The van der Waals surface area contributed by atoms with Gasteiger partial charge in [0.2, 0.25) is 0 Å². The Morgan fingerprint density at radius 3 is 2.20 bits per heavy atom. The van der Waals surface area contributed by atoms with Gasteiger partial charge in [-0.15, -0.1) is 0 Å². The molecule has 6 nitrogen and oxygen atoms in total. The van der Waals surface area contributed by atoms with Gasteiger partial charge in [-0.05, 0) is 47.0 Å². The molecule has 0 spiro atoms. The third kappa shape index (κ3) is 3.88. The van der Waals surface area contributed by atoms with E-state index in [1.807, 2.05) is 42.5 Å². The molecule has 1 amide bonds. The van der Waals surface area contributed by atoms with Crippen molar-refractivity contribution < 1.29 is 19.8 Å². The van der Waals surface area contributed by atoms with Gasteiger partial charge in [-0.3, -0.25) is 4.79 Å². The van der Waals surface area contributed by atoms with Crippen LogP contribution in [0.4, 0.5) is 5.69 Å². The maximum atomic E-state index is 13.1. The number of phenols is 1. The van der Waals surface area contributed by atoms with E-state index in [-0.39, 0.29) is 17.4 Å². The molecule has 5 rings (SSSR count). The quantitative estimate of drug-likeness (QED) is 0.351. The number of carbonyl (C=O) groups excluding carboxylic acids is 1. The number of para-hydroxylation sites is 1. The third-order valence-electron chi connectivity index (χ3n) is 6.24. The van der Waals surface area contributed by atoms with E-state index in [1.54, 1.807) is 49.5 Å². The molecule has 0 unspecified atom stereocenters. The average Bonchev–Trinajstić information content (AvgIpc) is 3.32. The van der Waals surface area contributed by atoms with Gasteiger partial charge in [0.15, 0.2) is 0 Å². The number of amides is 1. The van der Waals surface area contributed by atoms with E-state index in [1.165, 1.54) is 10.6 Å². The standard InChI is InChI=1S/C28H21ClN2O4/c1-30-15-16(12-25(30)28(34)35)11-22-21-13-20(23(29)14-24(21)31(2)27(22)33)18-9-7-17(8-10-18)19-5-3-4-6-26(19)32/h3-15,32H,1-2H3,(H,34,35). The van der Waals surface area contributed by atoms with Gasteiger partial charge in [0.25, 0.3) is 5.91 Å². The first-order chi connectivity index (χ1) is 16.7. The number of benzene rings is 3. The molecule has 2 N–H and O–H groups in total. The summed E-state index contributed by atoms with van der Waals surface area (Å²) in [6, 6.07) is 20.0. The van der Waals surface area contributed by atoms with Crippen molar-refractivity contribution in [3.8, 4) is 28.0 Å². The molecule has 1 aliphatic rings. The van der Waals surface area contributed by atoms with Crippen molar-refractivity contribution >= 4 is 40.8 Å². The summed E-state index contributed by atoms with van der Waals surface area (Å²) in [6.07, 6.45) is 3.38. The number of aromatic hydroxyl groups is 1. The monoisotopic (exact) mass is 484 g/mol. The molecule has 0 bridgehead atoms. The molecule has 0 fully saturated rings. The number of carboxylic acids is 1. The highest BCUT2D eigenvalue weighted by Gasteiger charge is 2.31. The molecule has 35 heavy (non-hydrogen) atoms.